The van der Waals surface area contributed by atoms with Crippen LogP contribution in [-0.4, -0.2) is 12.1 Å². The van der Waals surface area contributed by atoms with E-state index in [0.717, 1.165) is 25.0 Å². The summed E-state index contributed by atoms with van der Waals surface area (Å²) < 4.78 is 5.16. The van der Waals surface area contributed by atoms with Gasteiger partial charge in [-0.1, -0.05) is 19.1 Å². The van der Waals surface area contributed by atoms with Gasteiger partial charge < -0.3 is 10.5 Å². The van der Waals surface area contributed by atoms with Gasteiger partial charge in [-0.2, -0.15) is 0 Å². The molecule has 2 N–H and O–H groups in total. The molecule has 2 aromatic rings. The maximum absolute atomic E-state index is 6.32. The molecule has 1 unspecified atom stereocenters. The maximum atomic E-state index is 6.32. The van der Waals surface area contributed by atoms with Crippen LogP contribution in [0.1, 0.15) is 36.1 Å². The molecule has 3 heteroatoms. The predicted octanol–water partition coefficient (Wildman–Crippen LogP) is 3.29. The number of aryl methyl sites for hydroxylation is 2. The van der Waals surface area contributed by atoms with Gasteiger partial charge in [-0.05, 0) is 54.2 Å². The number of nitrogens with zero attached hydrogens (tertiary/aromatic N) is 1. The fraction of sp³-hybridized carbons (Fsp3) is 0.353. The second-order valence-electron chi connectivity index (χ2n) is 4.92. The van der Waals surface area contributed by atoms with Crippen LogP contribution in [0, 0.1) is 0 Å². The fourth-order valence-corrected chi connectivity index (χ4v) is 2.36. The standard InChI is InChI=1S/C17H22N2O/c1-3-14-12-19-11-10-16(14)17(18)9-6-13-4-7-15(20-2)8-5-13/h4-5,7-8,10-12,17H,3,6,9,18H2,1-2H3. The van der Waals surface area contributed by atoms with Crippen molar-refractivity contribution in [2.45, 2.75) is 32.2 Å². The quantitative estimate of drug-likeness (QED) is 0.876. The number of pyridine rings is 1. The van der Waals surface area contributed by atoms with E-state index in [2.05, 4.69) is 24.0 Å². The SMILES string of the molecule is CCc1cnccc1C(N)CCc1ccc(OC)cc1. The lowest BCUT2D eigenvalue weighted by Gasteiger charge is -2.15. The highest BCUT2D eigenvalue weighted by Crippen LogP contribution is 2.21. The van der Waals surface area contributed by atoms with E-state index < -0.39 is 0 Å². The Morgan fingerprint density at radius 3 is 2.60 bits per heavy atom. The van der Waals surface area contributed by atoms with Crippen LogP contribution < -0.4 is 10.5 Å². The van der Waals surface area contributed by atoms with Gasteiger partial charge in [0.1, 0.15) is 5.75 Å². The Hall–Kier alpha value is -1.87. The van der Waals surface area contributed by atoms with Crippen LogP contribution in [0.4, 0.5) is 0 Å². The first-order valence-electron chi connectivity index (χ1n) is 7.06. The summed E-state index contributed by atoms with van der Waals surface area (Å²) in [4.78, 5) is 4.17. The number of nitrogens with two attached hydrogens (primary N) is 1. The molecule has 0 spiro atoms. The minimum atomic E-state index is 0.0649. The van der Waals surface area contributed by atoms with Crippen molar-refractivity contribution in [2.75, 3.05) is 7.11 Å². The molecule has 0 aliphatic heterocycles. The third-order valence-corrected chi connectivity index (χ3v) is 3.62. The zero-order valence-electron chi connectivity index (χ0n) is 12.2. The van der Waals surface area contributed by atoms with Crippen molar-refractivity contribution in [3.8, 4) is 5.75 Å². The minimum Gasteiger partial charge on any atom is -0.497 e. The van der Waals surface area contributed by atoms with Gasteiger partial charge in [0.05, 0.1) is 7.11 Å². The molecule has 0 radical (unpaired) electrons. The van der Waals surface area contributed by atoms with Crippen LogP contribution in [0.25, 0.3) is 0 Å². The van der Waals surface area contributed by atoms with Crippen molar-refractivity contribution < 1.29 is 4.74 Å². The Morgan fingerprint density at radius 2 is 1.95 bits per heavy atom. The summed E-state index contributed by atoms with van der Waals surface area (Å²) in [6.45, 7) is 2.14. The molecule has 20 heavy (non-hydrogen) atoms. The summed E-state index contributed by atoms with van der Waals surface area (Å²) in [5.74, 6) is 0.889. The number of rotatable bonds is 6. The van der Waals surface area contributed by atoms with Crippen LogP contribution in [0.5, 0.6) is 5.75 Å². The smallest absolute Gasteiger partial charge is 0.118 e. The molecule has 1 atom stereocenters. The summed E-state index contributed by atoms with van der Waals surface area (Å²) >= 11 is 0. The number of hydrogen-bond acceptors (Lipinski definition) is 3. The Kier molecular flexibility index (Phi) is 5.13. The summed E-state index contributed by atoms with van der Waals surface area (Å²) in [6, 6.07) is 10.3. The van der Waals surface area contributed by atoms with E-state index in [4.69, 9.17) is 10.5 Å². The third-order valence-electron chi connectivity index (χ3n) is 3.62. The normalized spacial score (nSPS) is 12.2. The molecule has 2 rings (SSSR count). The van der Waals surface area contributed by atoms with Gasteiger partial charge in [0.2, 0.25) is 0 Å². The molecular weight excluding hydrogens is 248 g/mol. The first kappa shape index (κ1) is 14.5. The first-order chi connectivity index (χ1) is 9.74. The van der Waals surface area contributed by atoms with Gasteiger partial charge in [0.15, 0.2) is 0 Å². The highest BCUT2D eigenvalue weighted by Gasteiger charge is 2.10. The Morgan fingerprint density at radius 1 is 1.20 bits per heavy atom. The second kappa shape index (κ2) is 7.06. The summed E-state index contributed by atoms with van der Waals surface area (Å²) in [5, 5.41) is 0. The number of benzene rings is 1. The van der Waals surface area contributed by atoms with Gasteiger partial charge in [-0.3, -0.25) is 4.98 Å². The molecule has 0 saturated carbocycles. The van der Waals surface area contributed by atoms with Crippen molar-refractivity contribution >= 4 is 0 Å². The van der Waals surface area contributed by atoms with E-state index in [1.807, 2.05) is 30.6 Å². The minimum absolute atomic E-state index is 0.0649. The van der Waals surface area contributed by atoms with Crippen LogP contribution in [0.2, 0.25) is 0 Å². The van der Waals surface area contributed by atoms with E-state index in [1.165, 1.54) is 16.7 Å². The molecular formula is C17H22N2O. The zero-order chi connectivity index (χ0) is 14.4. The largest absolute Gasteiger partial charge is 0.497 e. The lowest BCUT2D eigenvalue weighted by atomic mass is 9.96. The lowest BCUT2D eigenvalue weighted by Crippen LogP contribution is -2.13. The Balaban J connectivity index is 1.98. The number of methoxy groups -OCH3 is 1. The molecule has 0 aliphatic rings. The third kappa shape index (κ3) is 3.58. The molecule has 0 saturated heterocycles. The topological polar surface area (TPSA) is 48.1 Å². The van der Waals surface area contributed by atoms with Crippen molar-refractivity contribution in [1.29, 1.82) is 0 Å². The summed E-state index contributed by atoms with van der Waals surface area (Å²) in [6.07, 6.45) is 6.61. The summed E-state index contributed by atoms with van der Waals surface area (Å²) in [7, 11) is 1.68. The fourth-order valence-electron chi connectivity index (χ4n) is 2.36. The van der Waals surface area contributed by atoms with Crippen LogP contribution in [-0.2, 0) is 12.8 Å². The van der Waals surface area contributed by atoms with Gasteiger partial charge >= 0.3 is 0 Å². The van der Waals surface area contributed by atoms with Crippen LogP contribution in [0.3, 0.4) is 0 Å². The average Bonchev–Trinajstić information content (AvgIpc) is 2.53. The van der Waals surface area contributed by atoms with Crippen molar-refractivity contribution in [2.24, 2.45) is 5.73 Å². The van der Waals surface area contributed by atoms with Crippen LogP contribution in [0.15, 0.2) is 42.7 Å². The van der Waals surface area contributed by atoms with Gasteiger partial charge in [-0.15, -0.1) is 0 Å². The Bertz CT molecular complexity index is 537. The van der Waals surface area contributed by atoms with Gasteiger partial charge in [0.25, 0.3) is 0 Å². The van der Waals surface area contributed by atoms with Gasteiger partial charge in [-0.25, -0.2) is 0 Å². The first-order valence-corrected chi connectivity index (χ1v) is 7.06. The van der Waals surface area contributed by atoms with E-state index in [9.17, 15) is 0 Å². The molecule has 0 fully saturated rings. The molecule has 0 bridgehead atoms. The number of ether oxygens (including phenoxy) is 1. The van der Waals surface area contributed by atoms with E-state index in [-0.39, 0.29) is 6.04 Å². The van der Waals surface area contributed by atoms with Crippen molar-refractivity contribution in [3.63, 3.8) is 0 Å². The van der Waals surface area contributed by atoms with E-state index in [1.54, 1.807) is 7.11 Å². The Labute approximate surface area is 120 Å². The molecule has 3 nitrogen and oxygen atoms in total. The molecule has 0 amide bonds. The maximum Gasteiger partial charge on any atom is 0.118 e. The monoisotopic (exact) mass is 270 g/mol. The molecule has 1 heterocycles. The molecule has 0 aliphatic carbocycles. The second-order valence-corrected chi connectivity index (χ2v) is 4.92. The van der Waals surface area contributed by atoms with Crippen molar-refractivity contribution in [3.05, 3.63) is 59.4 Å². The molecule has 1 aromatic carbocycles. The van der Waals surface area contributed by atoms with E-state index >= 15 is 0 Å². The predicted molar refractivity (Wildman–Crippen MR) is 81.9 cm³/mol. The van der Waals surface area contributed by atoms with Crippen molar-refractivity contribution in [1.82, 2.24) is 4.98 Å². The average molecular weight is 270 g/mol. The van der Waals surface area contributed by atoms with Crippen LogP contribution >= 0.6 is 0 Å². The highest BCUT2D eigenvalue weighted by atomic mass is 16.5. The zero-order valence-corrected chi connectivity index (χ0v) is 12.2. The number of hydrogen-bond donors (Lipinski definition) is 1. The molecule has 1 aromatic heterocycles. The summed E-state index contributed by atoms with van der Waals surface area (Å²) in [5.41, 5.74) is 10.1. The highest BCUT2D eigenvalue weighted by molar-refractivity contribution is 5.29. The van der Waals surface area contributed by atoms with E-state index in [0.29, 0.717) is 0 Å². The lowest BCUT2D eigenvalue weighted by molar-refractivity contribution is 0.414. The van der Waals surface area contributed by atoms with Gasteiger partial charge in [0, 0.05) is 18.4 Å². The number of aromatic nitrogens is 1. The molecule has 106 valence electrons.